The van der Waals surface area contributed by atoms with Crippen LogP contribution >= 0.6 is 0 Å². The molecular formula is C12H6F16O. The zero-order valence-electron chi connectivity index (χ0n) is 13.2. The molecule has 0 aromatic heterocycles. The average Bonchev–Trinajstić information content (AvgIpc) is 2.29. The Hall–Kier alpha value is -1.84. The summed E-state index contributed by atoms with van der Waals surface area (Å²) in [6.45, 7) is 0.549. The lowest BCUT2D eigenvalue weighted by atomic mass is 9.82. The molecule has 0 aliphatic carbocycles. The lowest BCUT2D eigenvalue weighted by molar-refractivity contribution is -0.419. The van der Waals surface area contributed by atoms with E-state index in [2.05, 4.69) is 4.74 Å². The number of alkyl halides is 15. The molecule has 0 N–H and O–H groups in total. The molecule has 0 radical (unpaired) electrons. The zero-order chi connectivity index (χ0) is 23.9. The van der Waals surface area contributed by atoms with Crippen molar-refractivity contribution in [2.24, 2.45) is 5.41 Å². The first-order chi connectivity index (χ1) is 12.5. The topological polar surface area (TPSA) is 9.23 Å². The fourth-order valence-electron chi connectivity index (χ4n) is 1.89. The molecule has 0 fully saturated rings. The summed E-state index contributed by atoms with van der Waals surface area (Å²) in [5, 5.41) is 0. The molecule has 0 aromatic rings. The van der Waals surface area contributed by atoms with E-state index in [1.54, 1.807) is 0 Å². The average molecular weight is 470 g/mol. The van der Waals surface area contributed by atoms with Gasteiger partial charge in [-0.25, -0.2) is 0 Å². The minimum atomic E-state index is -7.46. The molecule has 0 aliphatic heterocycles. The molecule has 0 rings (SSSR count). The minimum Gasteiger partial charge on any atom is -0.434 e. The summed E-state index contributed by atoms with van der Waals surface area (Å²) in [6.07, 6.45) is -38.0. The van der Waals surface area contributed by atoms with Crippen molar-refractivity contribution in [2.45, 2.75) is 44.2 Å². The van der Waals surface area contributed by atoms with Gasteiger partial charge in [-0.2, -0.15) is 70.2 Å². The number of rotatable bonds is 4. The number of hydrogen-bond donors (Lipinski definition) is 0. The van der Waals surface area contributed by atoms with Crippen molar-refractivity contribution in [3.05, 3.63) is 23.4 Å². The largest absolute Gasteiger partial charge is 0.434 e. The minimum absolute atomic E-state index is 0.549. The molecule has 0 aliphatic rings. The quantitative estimate of drug-likeness (QED) is 0.310. The molecule has 0 heterocycles. The fourth-order valence-corrected chi connectivity index (χ4v) is 1.89. The SMILES string of the molecule is CC/C=C(/OC(F)=C(C(F)(F)F)C(F)(F)F)C(C(F)(F)F)(C(F)(F)F)C(F)(F)F. The van der Waals surface area contributed by atoms with Gasteiger partial charge in [0.05, 0.1) is 0 Å². The van der Waals surface area contributed by atoms with Gasteiger partial charge >= 0.3 is 36.3 Å². The molecule has 0 amide bonds. The molecule has 0 spiro atoms. The van der Waals surface area contributed by atoms with Gasteiger partial charge in [0.2, 0.25) is 5.57 Å². The molecule has 0 unspecified atom stereocenters. The van der Waals surface area contributed by atoms with E-state index in [1.807, 2.05) is 0 Å². The van der Waals surface area contributed by atoms with Gasteiger partial charge in [0.25, 0.3) is 6.01 Å². The van der Waals surface area contributed by atoms with Crippen LogP contribution in [0, 0.1) is 5.41 Å². The Bertz CT molecular complexity index is 583. The molecule has 0 aromatic carbocycles. The maximum atomic E-state index is 13.4. The first kappa shape index (κ1) is 27.2. The third kappa shape index (κ3) is 5.21. The smallest absolute Gasteiger partial charge is 0.427 e. The van der Waals surface area contributed by atoms with Gasteiger partial charge in [0.15, 0.2) is 0 Å². The van der Waals surface area contributed by atoms with Gasteiger partial charge in [-0.05, 0) is 12.5 Å². The molecule has 17 heteroatoms. The molecule has 0 atom stereocenters. The molecule has 0 bridgehead atoms. The Morgan fingerprint density at radius 1 is 0.655 bits per heavy atom. The standard InChI is InChI=1S/C12H6F16O/c1-2-3-4(29-6(13)5(8(14,15)16)9(17,18)19)7(10(20,21)22,11(23,24)25)12(26,27)28/h3H,2H2,1H3/b4-3+. The van der Waals surface area contributed by atoms with Crippen molar-refractivity contribution in [1.82, 2.24) is 0 Å². The maximum absolute atomic E-state index is 13.4. The van der Waals surface area contributed by atoms with Crippen molar-refractivity contribution < 1.29 is 75.0 Å². The summed E-state index contributed by atoms with van der Waals surface area (Å²) in [7, 11) is 0. The van der Waals surface area contributed by atoms with Gasteiger partial charge in [-0.3, -0.25) is 0 Å². The highest BCUT2D eigenvalue weighted by molar-refractivity contribution is 5.24. The van der Waals surface area contributed by atoms with Gasteiger partial charge < -0.3 is 4.74 Å². The zero-order valence-corrected chi connectivity index (χ0v) is 13.2. The van der Waals surface area contributed by atoms with E-state index >= 15 is 0 Å². The Morgan fingerprint density at radius 3 is 1.17 bits per heavy atom. The van der Waals surface area contributed by atoms with E-state index < -0.39 is 66.1 Å². The second-order valence-electron chi connectivity index (χ2n) is 4.97. The van der Waals surface area contributed by atoms with Crippen LogP contribution < -0.4 is 0 Å². The van der Waals surface area contributed by atoms with Gasteiger partial charge in [-0.15, -0.1) is 0 Å². The predicted molar refractivity (Wildman–Crippen MR) is 60.3 cm³/mol. The van der Waals surface area contributed by atoms with Crippen LogP contribution in [0.15, 0.2) is 23.4 Å². The molecule has 1 nitrogen and oxygen atoms in total. The van der Waals surface area contributed by atoms with Crippen LogP contribution in [0.3, 0.4) is 0 Å². The molecule has 29 heavy (non-hydrogen) atoms. The van der Waals surface area contributed by atoms with Crippen LogP contribution in [0.4, 0.5) is 70.2 Å². The van der Waals surface area contributed by atoms with E-state index in [1.165, 1.54) is 0 Å². The van der Waals surface area contributed by atoms with E-state index in [0.717, 1.165) is 0 Å². The van der Waals surface area contributed by atoms with Crippen molar-refractivity contribution in [2.75, 3.05) is 0 Å². The van der Waals surface area contributed by atoms with E-state index in [0.29, 0.717) is 6.92 Å². The normalized spacial score (nSPS) is 15.4. The highest BCUT2D eigenvalue weighted by Crippen LogP contribution is 2.64. The lowest BCUT2D eigenvalue weighted by Crippen LogP contribution is -2.61. The first-order valence-electron chi connectivity index (χ1n) is 6.59. The number of halogens is 16. The predicted octanol–water partition coefficient (Wildman–Crippen LogP) is 7.28. The summed E-state index contributed by atoms with van der Waals surface area (Å²) in [4.78, 5) is 0. The summed E-state index contributed by atoms with van der Waals surface area (Å²) in [5.41, 5.74) is -11.5. The molecule has 172 valence electrons. The van der Waals surface area contributed by atoms with Crippen molar-refractivity contribution in [1.29, 1.82) is 0 Å². The van der Waals surface area contributed by atoms with Gasteiger partial charge in [0.1, 0.15) is 5.76 Å². The van der Waals surface area contributed by atoms with E-state index in [-0.39, 0.29) is 0 Å². The number of allylic oxidation sites excluding steroid dienone is 3. The van der Waals surface area contributed by atoms with Gasteiger partial charge in [0, 0.05) is 0 Å². The first-order valence-corrected chi connectivity index (χ1v) is 6.59. The number of hydrogen-bond acceptors (Lipinski definition) is 1. The summed E-state index contributed by atoms with van der Waals surface area (Å²) >= 11 is 0. The maximum Gasteiger partial charge on any atom is 0.427 e. The Kier molecular flexibility index (Phi) is 7.28. The van der Waals surface area contributed by atoms with Crippen molar-refractivity contribution >= 4 is 0 Å². The third-order valence-corrected chi connectivity index (χ3v) is 3.00. The Labute approximate surface area is 149 Å². The highest BCUT2D eigenvalue weighted by Gasteiger charge is 2.86. The van der Waals surface area contributed by atoms with E-state index in [9.17, 15) is 70.2 Å². The number of ether oxygens (including phenoxy) is 1. The second kappa shape index (κ2) is 7.77. The third-order valence-electron chi connectivity index (χ3n) is 3.00. The van der Waals surface area contributed by atoms with Crippen LogP contribution in [-0.4, -0.2) is 30.9 Å². The van der Waals surface area contributed by atoms with E-state index in [4.69, 9.17) is 0 Å². The summed E-state index contributed by atoms with van der Waals surface area (Å²) in [5.74, 6) is -3.61. The fraction of sp³-hybridized carbons (Fsp3) is 0.667. The van der Waals surface area contributed by atoms with Crippen LogP contribution in [0.5, 0.6) is 0 Å². The summed E-state index contributed by atoms with van der Waals surface area (Å²) < 4.78 is 206. The van der Waals surface area contributed by atoms with Gasteiger partial charge in [-0.1, -0.05) is 6.92 Å². The Morgan fingerprint density at radius 2 is 0.966 bits per heavy atom. The second-order valence-corrected chi connectivity index (χ2v) is 4.97. The summed E-state index contributed by atoms with van der Waals surface area (Å²) in [6, 6.07) is -4.19. The molecular weight excluding hydrogens is 464 g/mol. The van der Waals surface area contributed by atoms with Crippen LogP contribution in [0.25, 0.3) is 0 Å². The van der Waals surface area contributed by atoms with Crippen LogP contribution in [0.1, 0.15) is 13.3 Å². The monoisotopic (exact) mass is 470 g/mol. The van der Waals surface area contributed by atoms with Crippen LogP contribution in [0.2, 0.25) is 0 Å². The van der Waals surface area contributed by atoms with Crippen LogP contribution in [-0.2, 0) is 4.74 Å². The Balaban J connectivity index is 7.17. The lowest BCUT2D eigenvalue weighted by Gasteiger charge is -2.39. The highest BCUT2D eigenvalue weighted by atomic mass is 19.4. The van der Waals surface area contributed by atoms with Crippen molar-refractivity contribution in [3.8, 4) is 0 Å². The molecule has 0 saturated heterocycles. The molecule has 0 saturated carbocycles. The van der Waals surface area contributed by atoms with Crippen molar-refractivity contribution in [3.63, 3.8) is 0 Å².